The van der Waals surface area contributed by atoms with E-state index in [1.807, 2.05) is 7.05 Å². The van der Waals surface area contributed by atoms with Gasteiger partial charge in [-0.05, 0) is 56.5 Å². The highest BCUT2D eigenvalue weighted by molar-refractivity contribution is 14.0. The van der Waals surface area contributed by atoms with Gasteiger partial charge in [0.2, 0.25) is 0 Å². The summed E-state index contributed by atoms with van der Waals surface area (Å²) in [5.74, 6) is 3.68. The molecule has 5 heteroatoms. The van der Waals surface area contributed by atoms with Crippen molar-refractivity contribution in [1.29, 1.82) is 0 Å². The standard InChI is InChI=1S/C19H36N4.HI/c1-16(13-22-10-6-3-7-11-22)12-21-19(20-2)23-14-17-8-4-5-9-18(17)15-23;/h16-18H,3-15H2,1-2H3,(H,20,21);1H. The fraction of sp³-hybridized carbons (Fsp3) is 0.947. The molecule has 0 aromatic heterocycles. The molecule has 0 spiro atoms. The van der Waals surface area contributed by atoms with Gasteiger partial charge in [-0.15, -0.1) is 24.0 Å². The molecule has 2 aliphatic heterocycles. The van der Waals surface area contributed by atoms with E-state index in [9.17, 15) is 0 Å². The number of hydrogen-bond acceptors (Lipinski definition) is 2. The van der Waals surface area contributed by atoms with E-state index in [2.05, 4.69) is 27.0 Å². The third-order valence-corrected chi connectivity index (χ3v) is 6.11. The predicted molar refractivity (Wildman–Crippen MR) is 113 cm³/mol. The highest BCUT2D eigenvalue weighted by Gasteiger charge is 2.35. The number of rotatable bonds is 4. The van der Waals surface area contributed by atoms with Crippen LogP contribution in [-0.4, -0.2) is 62.1 Å². The Morgan fingerprint density at radius 2 is 1.67 bits per heavy atom. The fourth-order valence-corrected chi connectivity index (χ4v) is 4.82. The Hall–Kier alpha value is -0.0400. The minimum atomic E-state index is 0. The number of guanidine groups is 1. The lowest BCUT2D eigenvalue weighted by Crippen LogP contribution is -2.44. The highest BCUT2D eigenvalue weighted by atomic mass is 127. The van der Waals surface area contributed by atoms with Crippen LogP contribution < -0.4 is 5.32 Å². The Kier molecular flexibility index (Phi) is 8.61. The normalized spacial score (nSPS) is 29.8. The second-order valence-electron chi connectivity index (χ2n) is 8.10. The van der Waals surface area contributed by atoms with Gasteiger partial charge in [0.05, 0.1) is 0 Å². The van der Waals surface area contributed by atoms with Crippen LogP contribution in [0.1, 0.15) is 51.9 Å². The van der Waals surface area contributed by atoms with E-state index < -0.39 is 0 Å². The molecule has 1 aliphatic carbocycles. The van der Waals surface area contributed by atoms with E-state index in [0.29, 0.717) is 5.92 Å². The van der Waals surface area contributed by atoms with Crippen LogP contribution in [0.5, 0.6) is 0 Å². The number of likely N-dealkylation sites (tertiary alicyclic amines) is 2. The summed E-state index contributed by atoms with van der Waals surface area (Å²) in [6, 6.07) is 0. The smallest absolute Gasteiger partial charge is 0.193 e. The van der Waals surface area contributed by atoms with Crippen molar-refractivity contribution in [3.05, 3.63) is 0 Å². The first-order chi connectivity index (χ1) is 11.3. The average molecular weight is 448 g/mol. The summed E-state index contributed by atoms with van der Waals surface area (Å²) in [7, 11) is 1.94. The molecule has 1 saturated carbocycles. The second kappa shape index (κ2) is 10.2. The Bertz CT molecular complexity index is 381. The van der Waals surface area contributed by atoms with Crippen LogP contribution in [0.15, 0.2) is 4.99 Å². The zero-order valence-corrected chi connectivity index (χ0v) is 18.0. The third-order valence-electron chi connectivity index (χ3n) is 6.11. The summed E-state index contributed by atoms with van der Waals surface area (Å²) in [4.78, 5) is 9.73. The molecule has 24 heavy (non-hydrogen) atoms. The van der Waals surface area contributed by atoms with Crippen molar-refractivity contribution in [2.45, 2.75) is 51.9 Å². The van der Waals surface area contributed by atoms with Crippen molar-refractivity contribution in [2.75, 3.05) is 46.3 Å². The SMILES string of the molecule is CN=C(NCC(C)CN1CCCCC1)N1CC2CCCCC2C1.I. The predicted octanol–water partition coefficient (Wildman–Crippen LogP) is 3.42. The van der Waals surface area contributed by atoms with E-state index in [1.165, 1.54) is 77.7 Å². The molecule has 4 nitrogen and oxygen atoms in total. The van der Waals surface area contributed by atoms with Gasteiger partial charge >= 0.3 is 0 Å². The van der Waals surface area contributed by atoms with Crippen LogP contribution in [0.4, 0.5) is 0 Å². The van der Waals surface area contributed by atoms with Gasteiger partial charge in [-0.1, -0.05) is 26.2 Å². The van der Waals surface area contributed by atoms with Crippen LogP contribution in [0.2, 0.25) is 0 Å². The Morgan fingerprint density at radius 3 is 2.25 bits per heavy atom. The number of nitrogens with zero attached hydrogens (tertiary/aromatic N) is 3. The summed E-state index contributed by atoms with van der Waals surface area (Å²) in [5, 5.41) is 3.66. The van der Waals surface area contributed by atoms with Gasteiger partial charge in [0.25, 0.3) is 0 Å². The summed E-state index contributed by atoms with van der Waals surface area (Å²) in [6.45, 7) is 9.71. The maximum absolute atomic E-state index is 4.56. The molecule has 3 atom stereocenters. The van der Waals surface area contributed by atoms with E-state index in [1.54, 1.807) is 0 Å². The molecular formula is C19H37IN4. The van der Waals surface area contributed by atoms with Crippen molar-refractivity contribution in [1.82, 2.24) is 15.1 Å². The topological polar surface area (TPSA) is 30.9 Å². The average Bonchev–Trinajstić information content (AvgIpc) is 3.00. The van der Waals surface area contributed by atoms with Crippen LogP contribution in [0.3, 0.4) is 0 Å². The molecule has 1 N–H and O–H groups in total. The maximum atomic E-state index is 4.56. The summed E-state index contributed by atoms with van der Waals surface area (Å²) in [6.07, 6.45) is 9.94. The first-order valence-electron chi connectivity index (χ1n) is 9.94. The highest BCUT2D eigenvalue weighted by Crippen LogP contribution is 2.35. The van der Waals surface area contributed by atoms with Gasteiger partial charge in [-0.3, -0.25) is 4.99 Å². The lowest BCUT2D eigenvalue weighted by atomic mass is 9.82. The first-order valence-corrected chi connectivity index (χ1v) is 9.94. The van der Waals surface area contributed by atoms with Crippen LogP contribution >= 0.6 is 24.0 Å². The Morgan fingerprint density at radius 1 is 1.04 bits per heavy atom. The molecule has 0 bridgehead atoms. The van der Waals surface area contributed by atoms with E-state index in [-0.39, 0.29) is 24.0 Å². The molecule has 0 amide bonds. The van der Waals surface area contributed by atoms with Crippen molar-refractivity contribution >= 4 is 29.9 Å². The summed E-state index contributed by atoms with van der Waals surface area (Å²) < 4.78 is 0. The molecule has 3 unspecified atom stereocenters. The van der Waals surface area contributed by atoms with Gasteiger partial charge in [-0.25, -0.2) is 0 Å². The number of hydrogen-bond donors (Lipinski definition) is 1. The molecule has 140 valence electrons. The lowest BCUT2D eigenvalue weighted by Gasteiger charge is -2.30. The molecule has 2 saturated heterocycles. The van der Waals surface area contributed by atoms with Crippen LogP contribution in [-0.2, 0) is 0 Å². The van der Waals surface area contributed by atoms with E-state index in [4.69, 9.17) is 0 Å². The molecule has 0 aromatic rings. The first kappa shape index (κ1) is 20.3. The second-order valence-corrected chi connectivity index (χ2v) is 8.10. The van der Waals surface area contributed by atoms with E-state index >= 15 is 0 Å². The van der Waals surface area contributed by atoms with Gasteiger partial charge < -0.3 is 15.1 Å². The molecule has 0 aromatic carbocycles. The van der Waals surface area contributed by atoms with Crippen molar-refractivity contribution in [2.24, 2.45) is 22.7 Å². The number of aliphatic imine (C=N–C) groups is 1. The zero-order chi connectivity index (χ0) is 16.1. The molecule has 3 fully saturated rings. The molecular weight excluding hydrogens is 411 g/mol. The quantitative estimate of drug-likeness (QED) is 0.406. The lowest BCUT2D eigenvalue weighted by molar-refractivity contribution is 0.200. The molecule has 2 heterocycles. The van der Waals surface area contributed by atoms with Crippen molar-refractivity contribution in [3.8, 4) is 0 Å². The van der Waals surface area contributed by atoms with Gasteiger partial charge in [0.15, 0.2) is 5.96 Å². The summed E-state index contributed by atoms with van der Waals surface area (Å²) in [5.41, 5.74) is 0. The van der Waals surface area contributed by atoms with Crippen molar-refractivity contribution < 1.29 is 0 Å². The van der Waals surface area contributed by atoms with Gasteiger partial charge in [0, 0.05) is 33.2 Å². The number of halogens is 1. The van der Waals surface area contributed by atoms with Crippen molar-refractivity contribution in [3.63, 3.8) is 0 Å². The fourth-order valence-electron chi connectivity index (χ4n) is 4.82. The summed E-state index contributed by atoms with van der Waals surface area (Å²) >= 11 is 0. The van der Waals surface area contributed by atoms with E-state index in [0.717, 1.165) is 24.3 Å². The molecule has 3 rings (SSSR count). The van der Waals surface area contributed by atoms with Crippen LogP contribution in [0, 0.1) is 17.8 Å². The number of nitrogens with one attached hydrogen (secondary N) is 1. The monoisotopic (exact) mass is 448 g/mol. The maximum Gasteiger partial charge on any atom is 0.193 e. The van der Waals surface area contributed by atoms with Gasteiger partial charge in [-0.2, -0.15) is 0 Å². The third kappa shape index (κ3) is 5.48. The molecule has 3 aliphatic rings. The van der Waals surface area contributed by atoms with Crippen LogP contribution in [0.25, 0.3) is 0 Å². The number of fused-ring (bicyclic) bond motifs is 1. The largest absolute Gasteiger partial charge is 0.356 e. The zero-order valence-electron chi connectivity index (χ0n) is 15.7. The molecule has 0 radical (unpaired) electrons. The Labute approximate surface area is 165 Å². The minimum absolute atomic E-state index is 0. The number of piperidine rings is 1. The minimum Gasteiger partial charge on any atom is -0.356 e. The Balaban J connectivity index is 0.00000208. The van der Waals surface area contributed by atoms with Gasteiger partial charge in [0.1, 0.15) is 0 Å².